The van der Waals surface area contributed by atoms with E-state index < -0.39 is 0 Å². The third-order valence-electron chi connectivity index (χ3n) is 15.1. The summed E-state index contributed by atoms with van der Waals surface area (Å²) in [5, 5.41) is 10.3. The van der Waals surface area contributed by atoms with Crippen molar-refractivity contribution in [3.05, 3.63) is 188 Å². The van der Waals surface area contributed by atoms with Gasteiger partial charge in [-0.05, 0) is 112 Å². The van der Waals surface area contributed by atoms with Gasteiger partial charge in [0, 0.05) is 17.1 Å². The highest BCUT2D eigenvalue weighted by atomic mass is 15.2. The molecule has 12 rings (SSSR count). The van der Waals surface area contributed by atoms with Gasteiger partial charge in [0.25, 0.3) is 0 Å². The summed E-state index contributed by atoms with van der Waals surface area (Å²) in [7, 11) is 15.1. The van der Waals surface area contributed by atoms with Gasteiger partial charge in [-0.15, -0.1) is 0 Å². The standard InChI is InChI=1S/C58H44B7N/c59-49-47(45-30-34-16-4-6-20-39(34)41-22-10-12-24-43(41)45)51(61)55-57(53(49)63)66(36-28-26-33(27-29-36)38-19-9-8-18-37(38)32-14-2-1-3-15-32)58-54(64)50(60)48(52(62)56(58)65-55)46-31-35-17-5-7-21-40(35)42-23-11-13-25-44(42)46/h1-31,65H,59-64H2. The quantitative estimate of drug-likeness (QED) is 0.189. The molecular weight excluding hydrogens is 786 g/mol. The minimum Gasteiger partial charge on any atom is -0.313 e. The Hall–Kier alpha value is -7.29. The maximum absolute atomic E-state index is 2.64. The first kappa shape index (κ1) is 40.2. The molecule has 0 atom stereocenters. The third-order valence-corrected chi connectivity index (χ3v) is 15.1. The number of benzene rings is 11. The van der Waals surface area contributed by atoms with E-state index in [-0.39, 0.29) is 0 Å². The van der Waals surface area contributed by atoms with Gasteiger partial charge in [-0.3, -0.25) is 0 Å². The smallest absolute Gasteiger partial charge is 0.196 e. The van der Waals surface area contributed by atoms with Crippen LogP contribution in [0.3, 0.4) is 0 Å². The van der Waals surface area contributed by atoms with Crippen LogP contribution in [0.15, 0.2) is 188 Å². The Morgan fingerprint density at radius 2 is 0.682 bits per heavy atom. The van der Waals surface area contributed by atoms with Crippen LogP contribution in [0.25, 0.3) is 87.6 Å². The molecule has 11 aromatic carbocycles. The molecule has 1 heterocycles. The lowest BCUT2D eigenvalue weighted by Gasteiger charge is -2.41. The number of nitrogens with zero attached hydrogens (tertiary/aromatic N) is 1. The van der Waals surface area contributed by atoms with Gasteiger partial charge < -0.3 is 4.90 Å². The average Bonchev–Trinajstić information content (AvgIpc) is 3.37. The normalized spacial score (nSPS) is 12.1. The van der Waals surface area contributed by atoms with Crippen molar-refractivity contribution >= 4 is 158 Å². The minimum absolute atomic E-state index is 0.848. The molecule has 66 heavy (non-hydrogen) atoms. The molecule has 0 saturated carbocycles. The molecule has 1 aliphatic rings. The molecule has 0 bridgehead atoms. The summed E-state index contributed by atoms with van der Waals surface area (Å²) >= 11 is 0. The van der Waals surface area contributed by atoms with E-state index in [1.807, 2.05) is 0 Å². The van der Waals surface area contributed by atoms with Gasteiger partial charge in [0.15, 0.2) is 7.28 Å². The summed E-state index contributed by atoms with van der Waals surface area (Å²) in [4.78, 5) is 2.64. The van der Waals surface area contributed by atoms with Crippen molar-refractivity contribution in [2.45, 2.75) is 0 Å². The van der Waals surface area contributed by atoms with Crippen LogP contribution in [0.1, 0.15) is 0 Å². The molecule has 11 aromatic rings. The highest BCUT2D eigenvalue weighted by Crippen LogP contribution is 2.40. The zero-order valence-corrected chi connectivity index (χ0v) is 38.6. The van der Waals surface area contributed by atoms with Gasteiger partial charge in [-0.1, -0.05) is 207 Å². The first-order chi connectivity index (χ1) is 32.3. The monoisotopic (exact) mass is 831 g/mol. The summed E-state index contributed by atoms with van der Waals surface area (Å²) < 4.78 is 0. The fourth-order valence-electron chi connectivity index (χ4n) is 11.7. The van der Waals surface area contributed by atoms with Crippen molar-refractivity contribution in [2.24, 2.45) is 0 Å². The molecule has 0 spiro atoms. The van der Waals surface area contributed by atoms with Crippen molar-refractivity contribution in [3.63, 3.8) is 0 Å². The van der Waals surface area contributed by atoms with Crippen LogP contribution in [0.5, 0.6) is 0 Å². The Kier molecular flexibility index (Phi) is 9.58. The zero-order chi connectivity index (χ0) is 44.8. The highest BCUT2D eigenvalue weighted by molar-refractivity contribution is 6.83. The Balaban J connectivity index is 1.12. The van der Waals surface area contributed by atoms with Crippen molar-refractivity contribution in [2.75, 3.05) is 4.90 Å². The molecule has 0 N–H and O–H groups in total. The van der Waals surface area contributed by atoms with Gasteiger partial charge in [0.1, 0.15) is 47.1 Å². The Bertz CT molecular complexity index is 3620. The van der Waals surface area contributed by atoms with Crippen molar-refractivity contribution in [1.29, 1.82) is 0 Å². The van der Waals surface area contributed by atoms with E-state index in [1.165, 1.54) is 148 Å². The molecule has 1 nitrogen and oxygen atoms in total. The SMILES string of the molecule is Bc1c(B)c2c(c(B)c1-c1cc3ccccc3c3ccccc13)Bc1c(B)c(-c3cc4ccccc4c4ccccc34)c(B)c(B)c1N2c1ccc(-c2ccccc2-c2ccccc2)cc1. The van der Waals surface area contributed by atoms with Gasteiger partial charge in [0.2, 0.25) is 0 Å². The predicted molar refractivity (Wildman–Crippen MR) is 308 cm³/mol. The molecule has 1 aliphatic heterocycles. The van der Waals surface area contributed by atoms with E-state index >= 15 is 0 Å². The van der Waals surface area contributed by atoms with Crippen LogP contribution < -0.4 is 48.6 Å². The molecule has 0 radical (unpaired) electrons. The number of hydrogen-bond acceptors (Lipinski definition) is 1. The number of anilines is 3. The molecule has 0 aromatic heterocycles. The van der Waals surface area contributed by atoms with Crippen LogP contribution in [0.2, 0.25) is 0 Å². The van der Waals surface area contributed by atoms with Crippen molar-refractivity contribution in [3.8, 4) is 44.5 Å². The largest absolute Gasteiger partial charge is 0.313 e. The lowest BCUT2D eigenvalue weighted by Crippen LogP contribution is -2.60. The first-order valence-electron chi connectivity index (χ1n) is 23.4. The molecule has 0 fully saturated rings. The maximum atomic E-state index is 2.64. The van der Waals surface area contributed by atoms with E-state index in [0.717, 1.165) is 7.28 Å². The second-order valence-corrected chi connectivity index (χ2v) is 18.5. The van der Waals surface area contributed by atoms with Gasteiger partial charge in [0.05, 0.1) is 0 Å². The van der Waals surface area contributed by atoms with E-state index in [1.54, 1.807) is 0 Å². The fraction of sp³-hybridized carbons (Fsp3) is 0. The lowest BCUT2D eigenvalue weighted by atomic mass is 9.48. The molecule has 0 amide bonds. The van der Waals surface area contributed by atoms with Gasteiger partial charge >= 0.3 is 0 Å². The van der Waals surface area contributed by atoms with Crippen LogP contribution in [-0.2, 0) is 0 Å². The van der Waals surface area contributed by atoms with Crippen LogP contribution >= 0.6 is 0 Å². The second-order valence-electron chi connectivity index (χ2n) is 18.5. The molecular formula is C58H44B7N. The second kappa shape index (κ2) is 15.7. The molecule has 302 valence electrons. The number of hydrogen-bond donors (Lipinski definition) is 0. The van der Waals surface area contributed by atoms with Crippen molar-refractivity contribution in [1.82, 2.24) is 0 Å². The van der Waals surface area contributed by atoms with Crippen molar-refractivity contribution < 1.29 is 0 Å². The average molecular weight is 831 g/mol. The van der Waals surface area contributed by atoms with E-state index in [0.29, 0.717) is 0 Å². The topological polar surface area (TPSA) is 3.24 Å². The van der Waals surface area contributed by atoms with Gasteiger partial charge in [-0.25, -0.2) is 0 Å². The summed E-state index contributed by atoms with van der Waals surface area (Å²) in [5.41, 5.74) is 24.9. The summed E-state index contributed by atoms with van der Waals surface area (Å²) in [6.07, 6.45) is 0. The first-order valence-corrected chi connectivity index (χ1v) is 23.4. The molecule has 0 unspecified atom stereocenters. The predicted octanol–water partition coefficient (Wildman–Crippen LogP) is 3.69. The van der Waals surface area contributed by atoms with Crippen LogP contribution in [0.4, 0.5) is 17.1 Å². The zero-order valence-electron chi connectivity index (χ0n) is 38.6. The van der Waals surface area contributed by atoms with E-state index in [2.05, 4.69) is 240 Å². The Labute approximate surface area is 393 Å². The molecule has 8 heteroatoms. The number of rotatable bonds is 5. The van der Waals surface area contributed by atoms with Crippen LogP contribution in [-0.4, -0.2) is 54.4 Å². The van der Waals surface area contributed by atoms with Gasteiger partial charge in [-0.2, -0.15) is 0 Å². The lowest BCUT2D eigenvalue weighted by molar-refractivity contribution is 1.33. The maximum Gasteiger partial charge on any atom is 0.196 e. The van der Waals surface area contributed by atoms with E-state index in [9.17, 15) is 0 Å². The fourth-order valence-corrected chi connectivity index (χ4v) is 11.7. The summed E-state index contributed by atoms with van der Waals surface area (Å²) in [6.45, 7) is 0. The number of fused-ring (bicyclic) bond motifs is 8. The van der Waals surface area contributed by atoms with Crippen LogP contribution in [0, 0.1) is 0 Å². The Morgan fingerprint density at radius 3 is 1.15 bits per heavy atom. The third kappa shape index (κ3) is 6.11. The summed E-state index contributed by atoms with van der Waals surface area (Å²) in [5.74, 6) is 0. The molecule has 0 saturated heterocycles. The highest BCUT2D eigenvalue weighted by Gasteiger charge is 2.34. The Morgan fingerprint density at radius 1 is 0.303 bits per heavy atom. The summed E-state index contributed by atoms with van der Waals surface area (Å²) in [6, 6.07) is 69.6. The molecule has 0 aliphatic carbocycles. The van der Waals surface area contributed by atoms with E-state index in [4.69, 9.17) is 0 Å². The minimum atomic E-state index is 0.848.